The predicted octanol–water partition coefficient (Wildman–Crippen LogP) is 3.66. The van der Waals surface area contributed by atoms with Crippen molar-refractivity contribution in [2.24, 2.45) is 0 Å². The number of hydrogen-bond donors (Lipinski definition) is 0. The zero-order valence-electron chi connectivity index (χ0n) is 13.4. The van der Waals surface area contributed by atoms with Crippen LogP contribution >= 0.6 is 0 Å². The zero-order valence-corrected chi connectivity index (χ0v) is 13.4. The molecule has 0 radical (unpaired) electrons. The lowest BCUT2D eigenvalue weighted by atomic mass is 9.90. The molecule has 3 aromatic rings. The third kappa shape index (κ3) is 3.05. The molecule has 6 nitrogen and oxygen atoms in total. The van der Waals surface area contributed by atoms with Gasteiger partial charge in [0, 0.05) is 18.7 Å². The van der Waals surface area contributed by atoms with Gasteiger partial charge in [0.05, 0.1) is 0 Å². The summed E-state index contributed by atoms with van der Waals surface area (Å²) < 4.78 is 23.6. The molecule has 1 aliphatic carbocycles. The highest BCUT2D eigenvalue weighted by molar-refractivity contribution is 5.97. The lowest BCUT2D eigenvalue weighted by molar-refractivity contribution is 0.0551. The van der Waals surface area contributed by atoms with E-state index in [4.69, 9.17) is 8.94 Å². The van der Waals surface area contributed by atoms with Crippen LogP contribution in [0.1, 0.15) is 35.3 Å². The van der Waals surface area contributed by atoms with E-state index in [1.807, 2.05) is 6.07 Å². The smallest absolute Gasteiger partial charge is 0.277 e. The van der Waals surface area contributed by atoms with Crippen LogP contribution in [0.25, 0.3) is 11.5 Å². The SMILES string of the molecule is O=C(c1ncoc1-c1ccon1)N(Cc1cccc(F)c1)C1CCC1. The molecule has 2 aromatic heterocycles. The quantitative estimate of drug-likeness (QED) is 0.708. The fourth-order valence-electron chi connectivity index (χ4n) is 2.94. The van der Waals surface area contributed by atoms with Crippen molar-refractivity contribution in [1.82, 2.24) is 15.0 Å². The van der Waals surface area contributed by atoms with Crippen molar-refractivity contribution in [2.45, 2.75) is 31.8 Å². The first-order valence-corrected chi connectivity index (χ1v) is 8.12. The lowest BCUT2D eigenvalue weighted by Gasteiger charge is -2.37. The van der Waals surface area contributed by atoms with Crippen LogP contribution < -0.4 is 0 Å². The number of carbonyl (C=O) groups excluding carboxylic acids is 1. The van der Waals surface area contributed by atoms with Crippen molar-refractivity contribution >= 4 is 5.91 Å². The van der Waals surface area contributed by atoms with Crippen LogP contribution in [-0.4, -0.2) is 27.0 Å². The maximum absolute atomic E-state index is 13.5. The fraction of sp³-hybridized carbons (Fsp3) is 0.278. The van der Waals surface area contributed by atoms with Crippen LogP contribution in [0, 0.1) is 5.82 Å². The summed E-state index contributed by atoms with van der Waals surface area (Å²) in [5.74, 6) is -0.286. The van der Waals surface area contributed by atoms with Gasteiger partial charge in [-0.2, -0.15) is 0 Å². The third-order valence-corrected chi connectivity index (χ3v) is 4.46. The Morgan fingerprint density at radius 3 is 2.88 bits per heavy atom. The van der Waals surface area contributed by atoms with E-state index in [1.165, 1.54) is 24.8 Å². The summed E-state index contributed by atoms with van der Waals surface area (Å²) in [4.78, 5) is 18.9. The topological polar surface area (TPSA) is 72.4 Å². The number of nitrogens with zero attached hydrogens (tertiary/aromatic N) is 3. The summed E-state index contributed by atoms with van der Waals surface area (Å²) in [7, 11) is 0. The Hall–Kier alpha value is -2.96. The van der Waals surface area contributed by atoms with Gasteiger partial charge in [-0.1, -0.05) is 17.3 Å². The average molecular weight is 341 g/mol. The number of rotatable bonds is 5. The van der Waals surface area contributed by atoms with Crippen LogP contribution in [-0.2, 0) is 6.54 Å². The molecule has 0 atom stereocenters. The first-order chi connectivity index (χ1) is 12.2. The molecule has 1 aromatic carbocycles. The molecule has 2 heterocycles. The standard InChI is InChI=1S/C18H16FN3O3/c19-13-4-1-3-12(9-13)10-22(14-5-2-6-14)18(23)16-17(24-11-20-16)15-7-8-25-21-15/h1,3-4,7-9,11,14H,2,5-6,10H2. The van der Waals surface area contributed by atoms with Gasteiger partial charge in [-0.15, -0.1) is 0 Å². The van der Waals surface area contributed by atoms with Crippen LogP contribution in [0.3, 0.4) is 0 Å². The Morgan fingerprint density at radius 1 is 1.32 bits per heavy atom. The first-order valence-electron chi connectivity index (χ1n) is 8.12. The maximum Gasteiger partial charge on any atom is 0.277 e. The highest BCUT2D eigenvalue weighted by Gasteiger charge is 2.33. The van der Waals surface area contributed by atoms with Crippen molar-refractivity contribution in [1.29, 1.82) is 0 Å². The second-order valence-corrected chi connectivity index (χ2v) is 6.06. The maximum atomic E-state index is 13.5. The molecular formula is C18H16FN3O3. The third-order valence-electron chi connectivity index (χ3n) is 4.46. The van der Waals surface area contributed by atoms with Gasteiger partial charge in [0.15, 0.2) is 23.5 Å². The minimum atomic E-state index is -0.316. The van der Waals surface area contributed by atoms with Gasteiger partial charge >= 0.3 is 0 Å². The fourth-order valence-corrected chi connectivity index (χ4v) is 2.94. The Balaban J connectivity index is 1.64. The monoisotopic (exact) mass is 341 g/mol. The van der Waals surface area contributed by atoms with E-state index in [0.29, 0.717) is 12.2 Å². The average Bonchev–Trinajstić information content (AvgIpc) is 3.22. The van der Waals surface area contributed by atoms with Crippen molar-refractivity contribution in [3.05, 3.63) is 60.1 Å². The molecule has 4 rings (SSSR count). The minimum Gasteiger partial charge on any atom is -0.441 e. The Labute approximate surface area is 143 Å². The number of aromatic nitrogens is 2. The largest absolute Gasteiger partial charge is 0.441 e. The molecule has 25 heavy (non-hydrogen) atoms. The van der Waals surface area contributed by atoms with E-state index in [0.717, 1.165) is 24.8 Å². The van der Waals surface area contributed by atoms with E-state index in [1.54, 1.807) is 17.0 Å². The molecule has 1 aliphatic rings. The Bertz CT molecular complexity index is 871. The van der Waals surface area contributed by atoms with E-state index in [-0.39, 0.29) is 29.2 Å². The molecule has 128 valence electrons. The molecule has 1 amide bonds. The molecule has 1 fully saturated rings. The summed E-state index contributed by atoms with van der Waals surface area (Å²) in [5.41, 5.74) is 1.35. The predicted molar refractivity (Wildman–Crippen MR) is 85.9 cm³/mol. The van der Waals surface area contributed by atoms with Crippen LogP contribution in [0.4, 0.5) is 4.39 Å². The molecule has 0 N–H and O–H groups in total. The minimum absolute atomic E-state index is 0.123. The Kier molecular flexibility index (Phi) is 4.05. The van der Waals surface area contributed by atoms with Gasteiger partial charge in [0.1, 0.15) is 12.1 Å². The van der Waals surface area contributed by atoms with Gasteiger partial charge in [0.25, 0.3) is 5.91 Å². The van der Waals surface area contributed by atoms with Gasteiger partial charge in [-0.05, 0) is 37.0 Å². The van der Waals surface area contributed by atoms with E-state index in [9.17, 15) is 9.18 Å². The van der Waals surface area contributed by atoms with Crippen molar-refractivity contribution in [2.75, 3.05) is 0 Å². The summed E-state index contributed by atoms with van der Waals surface area (Å²) in [6.45, 7) is 0.326. The summed E-state index contributed by atoms with van der Waals surface area (Å²) in [6.07, 6.45) is 5.56. The molecule has 0 saturated heterocycles. The molecule has 7 heteroatoms. The second-order valence-electron chi connectivity index (χ2n) is 6.06. The number of benzene rings is 1. The second kappa shape index (κ2) is 6.51. The highest BCUT2D eigenvalue weighted by atomic mass is 19.1. The molecular weight excluding hydrogens is 325 g/mol. The molecule has 0 bridgehead atoms. The van der Waals surface area contributed by atoms with Crippen LogP contribution in [0.2, 0.25) is 0 Å². The van der Waals surface area contributed by atoms with Crippen molar-refractivity contribution in [3.63, 3.8) is 0 Å². The van der Waals surface area contributed by atoms with Crippen molar-refractivity contribution < 1.29 is 18.1 Å². The molecule has 1 saturated carbocycles. The van der Waals surface area contributed by atoms with E-state index >= 15 is 0 Å². The van der Waals surface area contributed by atoms with E-state index in [2.05, 4.69) is 10.1 Å². The number of halogens is 1. The zero-order chi connectivity index (χ0) is 17.2. The van der Waals surface area contributed by atoms with Crippen molar-refractivity contribution in [3.8, 4) is 11.5 Å². The summed E-state index contributed by atoms with van der Waals surface area (Å²) in [5, 5.41) is 3.81. The van der Waals surface area contributed by atoms with Gasteiger partial charge in [-0.25, -0.2) is 9.37 Å². The number of carbonyl (C=O) groups is 1. The summed E-state index contributed by atoms with van der Waals surface area (Å²) >= 11 is 0. The first kappa shape index (κ1) is 15.6. The number of amides is 1. The summed E-state index contributed by atoms with van der Waals surface area (Å²) in [6, 6.07) is 8.02. The number of hydrogen-bond acceptors (Lipinski definition) is 5. The number of oxazole rings is 1. The van der Waals surface area contributed by atoms with Crippen LogP contribution in [0.15, 0.2) is 51.9 Å². The van der Waals surface area contributed by atoms with Gasteiger partial charge in [0.2, 0.25) is 0 Å². The Morgan fingerprint density at radius 2 is 2.20 bits per heavy atom. The van der Waals surface area contributed by atoms with Crippen LogP contribution in [0.5, 0.6) is 0 Å². The van der Waals surface area contributed by atoms with Gasteiger partial charge in [-0.3, -0.25) is 4.79 Å². The molecule has 0 spiro atoms. The molecule has 0 unspecified atom stereocenters. The normalized spacial score (nSPS) is 14.3. The highest BCUT2D eigenvalue weighted by Crippen LogP contribution is 2.30. The molecule has 0 aliphatic heterocycles. The lowest BCUT2D eigenvalue weighted by Crippen LogP contribution is -2.44. The van der Waals surface area contributed by atoms with Gasteiger partial charge < -0.3 is 13.8 Å². The van der Waals surface area contributed by atoms with E-state index < -0.39 is 0 Å².